The number of hydrogen-bond donors (Lipinski definition) is 8. The summed E-state index contributed by atoms with van der Waals surface area (Å²) in [6, 6.07) is 46.8. The first-order valence-electron chi connectivity index (χ1n) is 33.8. The lowest BCUT2D eigenvalue weighted by Gasteiger charge is -2.33. The Morgan fingerprint density at radius 3 is 0.509 bits per heavy atom. The van der Waals surface area contributed by atoms with Crippen LogP contribution in [0.3, 0.4) is 0 Å². The lowest BCUT2D eigenvalue weighted by Crippen LogP contribution is -2.27. The van der Waals surface area contributed by atoms with Crippen LogP contribution in [0.4, 0.5) is 47.6 Å². The van der Waals surface area contributed by atoms with Gasteiger partial charge in [0, 0.05) is 255 Å². The fraction of sp³-hybridized carbons (Fsp3) is 0.289. The Morgan fingerprint density at radius 1 is 0.190 bits per heavy atom. The fourth-order valence-electron chi connectivity index (χ4n) is 12.6. The van der Waals surface area contributed by atoms with Gasteiger partial charge in [-0.2, -0.15) is 59.8 Å². The van der Waals surface area contributed by atoms with Crippen LogP contribution in [0.15, 0.2) is 133 Å². The summed E-state index contributed by atoms with van der Waals surface area (Å²) in [4.78, 5) is 52.7. The fourth-order valence-corrected chi connectivity index (χ4v) is 12.6. The zero-order valence-electron chi connectivity index (χ0n) is 67.9. The second kappa shape index (κ2) is 43.6. The summed E-state index contributed by atoms with van der Waals surface area (Å²) in [7, 11) is -6.11. The van der Waals surface area contributed by atoms with E-state index in [9.17, 15) is 42.1 Å². The minimum atomic E-state index is -0.945. The Bertz CT molecular complexity index is 4870. The van der Waals surface area contributed by atoms with Gasteiger partial charge in [0.25, 0.3) is 0 Å². The monoisotopic (exact) mass is 1770 g/mol. The molecule has 30 nitrogen and oxygen atoms in total. The van der Waals surface area contributed by atoms with Gasteiger partial charge < -0.3 is 45.9 Å². The number of fused-ring (bicyclic) bond motifs is 20. The summed E-state index contributed by atoms with van der Waals surface area (Å²) in [6.45, 7) is 0. The quantitative estimate of drug-likeness (QED) is 0.0946. The van der Waals surface area contributed by atoms with Gasteiger partial charge in [0.15, 0.2) is 23.3 Å². The normalized spacial score (nSPS) is 12.1. The minimum Gasteiger partial charge on any atom is -0.368 e. The predicted octanol–water partition coefficient (Wildman–Crippen LogP) is 6.39. The zero-order chi connectivity index (χ0) is 87.3. The molecule has 0 atom stereocenters. The first kappa shape index (κ1) is 97.1. The maximum absolute atomic E-state index is 9.56. The van der Waals surface area contributed by atoms with Crippen LogP contribution in [0, 0.1) is 0 Å². The molecule has 4 heterocycles. The van der Waals surface area contributed by atoms with E-state index in [1.54, 1.807) is 125 Å². The SMILES string of the molecule is CS(C)=O.CS(C)=O.CS(C)=O.CS(C)=O.CS(C)=O.CS(C)=O.CS(C)=O.CS(C)=O.CS(C)=O.CS(C)=O.Nc1nc(N)nc(-c2ccc3c(c2)C2(c4ccccc4-c4cc5c(cc42)-c2ccccc2C52c4cc(-c5nc(N)nc(N)n5)ccc4-c4ccc(-c5nc(N)nc(N)n5)cc42)c2cc(-c4nc(N)nc(N)n4)ccc2-3)n1. The minimum absolute atomic E-state index is 0.0127. The van der Waals surface area contributed by atoms with Crippen LogP contribution in [0.5, 0.6) is 0 Å². The molecule has 15 rings (SSSR count). The third-order valence-corrected chi connectivity index (χ3v) is 15.2. The first-order valence-corrected chi connectivity index (χ1v) is 53.4. The second-order valence-electron chi connectivity index (χ2n) is 26.5. The van der Waals surface area contributed by atoms with Gasteiger partial charge in [-0.3, -0.25) is 42.1 Å². The number of benzene rings is 7. The molecule has 0 saturated carbocycles. The standard InChI is InChI=1S/C56H38N20.10C2H6OS/c57-47-65-43(66-48(58)73-47)23-9-13-29-30-14-10-24(44-67-49(59)74-50(60)68-44)18-38(30)55(37(29)17-23)35-7-3-1-5-27(35)33-21-42-34(22-41(33)55)28-6-2-4-8-36(28)56(42)39-19-25(45-69-51(61)75-52(62)70-45)11-15-31(39)32-16-12-26(20-40(32)56)46-71-53(63)76-54(64)72-46;10*1-4(2)3/h1-22H,(H4,57,58,65,66,73)(H4,59,60,67,68,74)(H4,61,62,69,70,75)(H4,63,64,71,72,76);10*1-2H3. The van der Waals surface area contributed by atoms with E-state index in [1.807, 2.05) is 24.3 Å². The summed E-state index contributed by atoms with van der Waals surface area (Å²) >= 11 is 0. The average molecular weight is 1770 g/mol. The molecular weight excluding hydrogens is 1670 g/mol. The Morgan fingerprint density at radius 2 is 0.336 bits per heavy atom. The largest absolute Gasteiger partial charge is 0.368 e. The van der Waals surface area contributed by atoms with Crippen LogP contribution in [-0.4, -0.2) is 227 Å². The van der Waals surface area contributed by atoms with Crippen LogP contribution in [0.25, 0.3) is 90.1 Å². The van der Waals surface area contributed by atoms with Gasteiger partial charge in [0.05, 0.1) is 10.8 Å². The number of nitrogen functional groups attached to an aromatic ring is 8. The van der Waals surface area contributed by atoms with Gasteiger partial charge >= 0.3 is 0 Å². The smallest absolute Gasteiger partial charge is 0.225 e. The van der Waals surface area contributed by atoms with E-state index in [0.717, 1.165) is 89.0 Å². The van der Waals surface area contributed by atoms with Crippen LogP contribution in [0.1, 0.15) is 44.5 Å². The average Bonchev–Trinajstić information content (AvgIpc) is 1.48. The van der Waals surface area contributed by atoms with Crippen LogP contribution >= 0.6 is 0 Å². The summed E-state index contributed by atoms with van der Waals surface area (Å²) < 4.78 is 95.6. The highest BCUT2D eigenvalue weighted by molar-refractivity contribution is 7.85. The first-order chi connectivity index (χ1) is 54.2. The van der Waals surface area contributed by atoms with Gasteiger partial charge in [-0.05, 0) is 125 Å². The molecule has 40 heteroatoms. The van der Waals surface area contributed by atoms with Crippen molar-refractivity contribution in [1.82, 2.24) is 59.8 Å². The molecule has 0 saturated heterocycles. The number of nitrogens with zero attached hydrogens (tertiary/aromatic N) is 12. The summed E-state index contributed by atoms with van der Waals surface area (Å²) in [5.74, 6) is 1.47. The summed E-state index contributed by atoms with van der Waals surface area (Å²) in [6.07, 6.45) is 32.8. The third-order valence-electron chi connectivity index (χ3n) is 15.2. The number of aromatic nitrogens is 12. The highest BCUT2D eigenvalue weighted by Crippen LogP contribution is 2.69. The van der Waals surface area contributed by atoms with Crippen molar-refractivity contribution in [3.8, 4) is 90.1 Å². The number of hydrogen-bond acceptors (Lipinski definition) is 30. The van der Waals surface area contributed by atoms with Crippen molar-refractivity contribution >= 4 is 156 Å². The molecule has 116 heavy (non-hydrogen) atoms. The van der Waals surface area contributed by atoms with E-state index in [2.05, 4.69) is 169 Å². The number of nitrogens with two attached hydrogens (primary N) is 8. The molecule has 0 aliphatic heterocycles. The zero-order valence-corrected chi connectivity index (χ0v) is 76.0. The van der Waals surface area contributed by atoms with Crippen molar-refractivity contribution < 1.29 is 42.1 Å². The highest BCUT2D eigenvalue weighted by Gasteiger charge is 2.57. The Kier molecular flexibility index (Phi) is 36.5. The Balaban J connectivity index is 0.000000504. The van der Waals surface area contributed by atoms with Crippen LogP contribution in [-0.2, 0) is 119 Å². The van der Waals surface area contributed by atoms with Crippen LogP contribution in [0.2, 0.25) is 0 Å². The van der Waals surface area contributed by atoms with Gasteiger partial charge in [0.2, 0.25) is 47.6 Å². The third kappa shape index (κ3) is 25.7. The van der Waals surface area contributed by atoms with E-state index in [-0.39, 0.29) is 47.6 Å². The summed E-state index contributed by atoms with van der Waals surface area (Å²) in [5.41, 5.74) is 66.9. The predicted molar refractivity (Wildman–Crippen MR) is 490 cm³/mol. The van der Waals surface area contributed by atoms with Gasteiger partial charge in [-0.1, -0.05) is 97.1 Å². The molecule has 622 valence electrons. The van der Waals surface area contributed by atoms with E-state index in [1.165, 1.54) is 0 Å². The van der Waals surface area contributed by atoms with Crippen molar-refractivity contribution in [2.45, 2.75) is 10.8 Å². The molecular formula is C76H98N20O10S10. The molecule has 2 spiro atoms. The van der Waals surface area contributed by atoms with Gasteiger partial charge in [-0.15, -0.1) is 0 Å². The van der Waals surface area contributed by atoms with Crippen molar-refractivity contribution in [2.75, 3.05) is 171 Å². The Hall–Kier alpha value is -9.52. The molecule has 4 aromatic heterocycles. The molecule has 4 aliphatic carbocycles. The molecule has 0 unspecified atom stereocenters. The van der Waals surface area contributed by atoms with E-state index in [0.29, 0.717) is 45.6 Å². The Labute approximate surface area is 701 Å². The molecule has 11 aromatic rings. The van der Waals surface area contributed by atoms with Gasteiger partial charge in [-0.25, -0.2) is 0 Å². The van der Waals surface area contributed by atoms with Crippen LogP contribution < -0.4 is 45.9 Å². The van der Waals surface area contributed by atoms with Crippen molar-refractivity contribution in [3.05, 3.63) is 178 Å². The maximum atomic E-state index is 9.56. The lowest BCUT2D eigenvalue weighted by molar-refractivity contribution is 0.689. The molecule has 7 aromatic carbocycles. The maximum Gasteiger partial charge on any atom is 0.225 e. The van der Waals surface area contributed by atoms with E-state index in [4.69, 9.17) is 45.9 Å². The number of anilines is 8. The molecule has 16 N–H and O–H groups in total. The molecule has 0 radical (unpaired) electrons. The highest BCUT2D eigenvalue weighted by atomic mass is 32.2. The van der Waals surface area contributed by atoms with Crippen molar-refractivity contribution in [3.63, 3.8) is 0 Å². The molecule has 0 bridgehead atoms. The van der Waals surface area contributed by atoms with Crippen molar-refractivity contribution in [1.29, 1.82) is 0 Å². The molecule has 4 aliphatic rings. The van der Waals surface area contributed by atoms with Crippen molar-refractivity contribution in [2.24, 2.45) is 0 Å². The topological polar surface area (TPSA) is 534 Å². The van der Waals surface area contributed by atoms with Gasteiger partial charge in [0.1, 0.15) is 0 Å². The second-order valence-corrected chi connectivity index (χ2v) is 41.3. The number of rotatable bonds is 4. The molecule has 0 amide bonds. The molecule has 0 fully saturated rings. The van der Waals surface area contributed by atoms with E-state index < -0.39 is 119 Å². The lowest BCUT2D eigenvalue weighted by atomic mass is 9.68. The van der Waals surface area contributed by atoms with E-state index >= 15 is 0 Å². The summed E-state index contributed by atoms with van der Waals surface area (Å²) in [5, 5.41) is 0.